The number of rotatable bonds is 8. The molecule has 114 valence electrons. The van der Waals surface area contributed by atoms with E-state index in [0.717, 1.165) is 23.4 Å². The minimum Gasteiger partial charge on any atom is -0.472 e. The standard InChI is InChI=1S/C14H18N2O3S2/c17-21(18,16-9-11-6-8-19-10-11)14-4-3-13(20-14)5-7-15-12-1-2-12/h3-4,6,8,10,12,15-16H,1-2,5,7,9H2. The van der Waals surface area contributed by atoms with Gasteiger partial charge in [0.25, 0.3) is 0 Å². The Kier molecular flexibility index (Phi) is 4.44. The van der Waals surface area contributed by atoms with Crippen molar-refractivity contribution in [1.29, 1.82) is 0 Å². The fourth-order valence-electron chi connectivity index (χ4n) is 1.97. The summed E-state index contributed by atoms with van der Waals surface area (Å²) in [6, 6.07) is 6.00. The lowest BCUT2D eigenvalue weighted by Crippen LogP contribution is -2.22. The van der Waals surface area contributed by atoms with Crippen molar-refractivity contribution in [2.24, 2.45) is 0 Å². The van der Waals surface area contributed by atoms with Crippen molar-refractivity contribution in [3.05, 3.63) is 41.2 Å². The first-order valence-corrected chi connectivity index (χ1v) is 9.26. The number of nitrogens with one attached hydrogen (secondary N) is 2. The molecule has 0 radical (unpaired) electrons. The number of hydrogen-bond acceptors (Lipinski definition) is 5. The van der Waals surface area contributed by atoms with Crippen molar-refractivity contribution in [2.45, 2.75) is 36.1 Å². The second-order valence-corrected chi connectivity index (χ2v) is 8.32. The molecule has 2 heterocycles. The quantitative estimate of drug-likeness (QED) is 0.779. The van der Waals surface area contributed by atoms with Gasteiger partial charge in [-0.05, 0) is 37.5 Å². The van der Waals surface area contributed by atoms with Gasteiger partial charge in [-0.2, -0.15) is 0 Å². The molecule has 0 saturated heterocycles. The third-order valence-corrected chi connectivity index (χ3v) is 6.37. The van der Waals surface area contributed by atoms with Gasteiger partial charge in [0.05, 0.1) is 12.5 Å². The predicted molar refractivity (Wildman–Crippen MR) is 81.8 cm³/mol. The smallest absolute Gasteiger partial charge is 0.250 e. The van der Waals surface area contributed by atoms with Gasteiger partial charge in [0.2, 0.25) is 10.0 Å². The van der Waals surface area contributed by atoms with Crippen molar-refractivity contribution in [3.8, 4) is 0 Å². The number of thiophene rings is 1. The maximum Gasteiger partial charge on any atom is 0.250 e. The van der Waals surface area contributed by atoms with Gasteiger partial charge in [-0.25, -0.2) is 13.1 Å². The van der Waals surface area contributed by atoms with Crippen molar-refractivity contribution < 1.29 is 12.8 Å². The Morgan fingerprint density at radius 3 is 2.86 bits per heavy atom. The van der Waals surface area contributed by atoms with Crippen LogP contribution in [-0.4, -0.2) is 21.0 Å². The number of sulfonamides is 1. The van der Waals surface area contributed by atoms with Gasteiger partial charge in [0.15, 0.2) is 0 Å². The van der Waals surface area contributed by atoms with E-state index in [1.807, 2.05) is 6.07 Å². The highest BCUT2D eigenvalue weighted by Crippen LogP contribution is 2.23. The second-order valence-electron chi connectivity index (χ2n) is 5.16. The van der Waals surface area contributed by atoms with E-state index in [1.165, 1.54) is 36.7 Å². The third kappa shape index (κ3) is 4.16. The highest BCUT2D eigenvalue weighted by atomic mass is 32.2. The Morgan fingerprint density at radius 1 is 1.29 bits per heavy atom. The first kappa shape index (κ1) is 14.8. The van der Waals surface area contributed by atoms with Crippen LogP contribution in [-0.2, 0) is 23.0 Å². The molecule has 3 rings (SSSR count). The van der Waals surface area contributed by atoms with Gasteiger partial charge >= 0.3 is 0 Å². The van der Waals surface area contributed by atoms with Crippen LogP contribution < -0.4 is 10.0 Å². The minimum atomic E-state index is -3.44. The summed E-state index contributed by atoms with van der Waals surface area (Å²) in [5.41, 5.74) is 0.809. The SMILES string of the molecule is O=S(=O)(NCc1ccoc1)c1ccc(CCNC2CC2)s1. The van der Waals surface area contributed by atoms with Crippen LogP contribution in [0, 0.1) is 0 Å². The molecule has 0 aromatic carbocycles. The molecule has 0 spiro atoms. The minimum absolute atomic E-state index is 0.245. The molecule has 7 heteroatoms. The lowest BCUT2D eigenvalue weighted by Gasteiger charge is -2.03. The van der Waals surface area contributed by atoms with Gasteiger partial charge < -0.3 is 9.73 Å². The monoisotopic (exact) mass is 326 g/mol. The Hall–Kier alpha value is -1.15. The van der Waals surface area contributed by atoms with Gasteiger partial charge in [0.1, 0.15) is 4.21 Å². The van der Waals surface area contributed by atoms with Gasteiger partial charge in [-0.3, -0.25) is 0 Å². The number of furan rings is 1. The fraction of sp³-hybridized carbons (Fsp3) is 0.429. The van der Waals surface area contributed by atoms with E-state index in [4.69, 9.17) is 4.42 Å². The zero-order chi connectivity index (χ0) is 14.7. The summed E-state index contributed by atoms with van der Waals surface area (Å²) >= 11 is 1.34. The van der Waals surface area contributed by atoms with Crippen molar-refractivity contribution in [2.75, 3.05) is 6.54 Å². The molecule has 5 nitrogen and oxygen atoms in total. The largest absolute Gasteiger partial charge is 0.472 e. The van der Waals surface area contributed by atoms with Crippen LogP contribution in [0.4, 0.5) is 0 Å². The fourth-order valence-corrected chi connectivity index (χ4v) is 4.38. The zero-order valence-corrected chi connectivity index (χ0v) is 13.2. The van der Waals surface area contributed by atoms with Crippen molar-refractivity contribution >= 4 is 21.4 Å². The van der Waals surface area contributed by atoms with E-state index in [0.29, 0.717) is 10.3 Å². The molecule has 0 aliphatic heterocycles. The third-order valence-electron chi connectivity index (χ3n) is 3.33. The van der Waals surface area contributed by atoms with Gasteiger partial charge in [0, 0.05) is 29.6 Å². The molecule has 1 fully saturated rings. The average molecular weight is 326 g/mol. The summed E-state index contributed by atoms with van der Waals surface area (Å²) in [6.07, 6.45) is 6.47. The molecule has 1 aliphatic carbocycles. The van der Waals surface area contributed by atoms with Crippen LogP contribution in [0.3, 0.4) is 0 Å². The van der Waals surface area contributed by atoms with Crippen LogP contribution in [0.15, 0.2) is 39.4 Å². The van der Waals surface area contributed by atoms with Crippen molar-refractivity contribution in [3.63, 3.8) is 0 Å². The molecular formula is C14H18N2O3S2. The molecule has 2 N–H and O–H groups in total. The molecule has 0 amide bonds. The molecule has 2 aromatic rings. The van der Waals surface area contributed by atoms with Crippen LogP contribution in [0.2, 0.25) is 0 Å². The summed E-state index contributed by atoms with van der Waals surface area (Å²) in [6.45, 7) is 1.16. The molecular weight excluding hydrogens is 308 g/mol. The Morgan fingerprint density at radius 2 is 2.14 bits per heavy atom. The molecule has 0 unspecified atom stereocenters. The Labute approximate surface area is 128 Å². The molecule has 1 saturated carbocycles. The van der Waals surface area contributed by atoms with E-state index in [-0.39, 0.29) is 6.54 Å². The Bertz CT molecular complexity index is 673. The van der Waals surface area contributed by atoms with Crippen LogP contribution >= 0.6 is 11.3 Å². The normalized spacial score (nSPS) is 15.4. The van der Waals surface area contributed by atoms with Crippen LogP contribution in [0.1, 0.15) is 23.3 Å². The van der Waals surface area contributed by atoms with Gasteiger partial charge in [-0.1, -0.05) is 0 Å². The summed E-state index contributed by atoms with van der Waals surface area (Å²) in [5, 5.41) is 3.43. The van der Waals surface area contributed by atoms with Crippen LogP contribution in [0.25, 0.3) is 0 Å². The summed E-state index contributed by atoms with van der Waals surface area (Å²) in [5.74, 6) is 0. The highest BCUT2D eigenvalue weighted by molar-refractivity contribution is 7.91. The maximum absolute atomic E-state index is 12.2. The molecule has 1 aliphatic rings. The number of hydrogen-bond donors (Lipinski definition) is 2. The summed E-state index contributed by atoms with van der Waals surface area (Å²) < 4.78 is 32.2. The highest BCUT2D eigenvalue weighted by Gasteiger charge is 2.20. The van der Waals surface area contributed by atoms with Crippen LogP contribution in [0.5, 0.6) is 0 Å². The molecule has 0 atom stereocenters. The first-order valence-electron chi connectivity index (χ1n) is 6.96. The predicted octanol–water partition coefficient (Wildman–Crippen LogP) is 2.11. The zero-order valence-electron chi connectivity index (χ0n) is 11.5. The first-order chi connectivity index (χ1) is 10.1. The van der Waals surface area contributed by atoms with E-state index in [1.54, 1.807) is 12.1 Å². The lowest BCUT2D eigenvalue weighted by atomic mass is 10.3. The topological polar surface area (TPSA) is 71.3 Å². The molecule has 21 heavy (non-hydrogen) atoms. The second kappa shape index (κ2) is 6.31. The molecule has 0 bridgehead atoms. The van der Waals surface area contributed by atoms with Crippen molar-refractivity contribution in [1.82, 2.24) is 10.0 Å². The van der Waals surface area contributed by atoms with E-state index < -0.39 is 10.0 Å². The van der Waals surface area contributed by atoms with Gasteiger partial charge in [-0.15, -0.1) is 11.3 Å². The van der Waals surface area contributed by atoms with E-state index >= 15 is 0 Å². The maximum atomic E-state index is 12.2. The average Bonchev–Trinajstić information content (AvgIpc) is 2.94. The van der Waals surface area contributed by atoms with E-state index in [9.17, 15) is 8.42 Å². The Balaban J connectivity index is 1.55. The van der Waals surface area contributed by atoms with E-state index in [2.05, 4.69) is 10.0 Å². The lowest BCUT2D eigenvalue weighted by molar-refractivity contribution is 0.561. The summed E-state index contributed by atoms with van der Waals surface area (Å²) in [7, 11) is -3.44. The summed E-state index contributed by atoms with van der Waals surface area (Å²) in [4.78, 5) is 1.09. The molecule has 2 aromatic heterocycles.